The molecular weight excluding hydrogens is 458 g/mol. The Morgan fingerprint density at radius 3 is 2.50 bits per heavy atom. The van der Waals surface area contributed by atoms with Gasteiger partial charge in [0.05, 0.1) is 22.2 Å². The fourth-order valence-electron chi connectivity index (χ4n) is 3.88. The SMILES string of the molecule is Nc1c(C(=O)NCCc2ccccc2)c2nc3ccccc3nc2n1N=Cc1cccc([N+](=O)[O-])c1. The van der Waals surface area contributed by atoms with E-state index in [1.165, 1.54) is 23.0 Å². The predicted molar refractivity (Wildman–Crippen MR) is 138 cm³/mol. The highest BCUT2D eigenvalue weighted by Gasteiger charge is 2.24. The Morgan fingerprint density at radius 2 is 1.75 bits per heavy atom. The minimum Gasteiger partial charge on any atom is -0.383 e. The monoisotopic (exact) mass is 479 g/mol. The molecule has 5 aromatic rings. The molecule has 1 amide bonds. The average molecular weight is 480 g/mol. The number of nitrogens with zero attached hydrogens (tertiary/aromatic N) is 5. The Hall–Kier alpha value is -5.12. The van der Waals surface area contributed by atoms with Crippen LogP contribution in [-0.2, 0) is 6.42 Å². The van der Waals surface area contributed by atoms with Gasteiger partial charge in [-0.25, -0.2) is 9.97 Å². The first-order valence-corrected chi connectivity index (χ1v) is 11.2. The third-order valence-corrected chi connectivity index (χ3v) is 5.65. The first-order chi connectivity index (χ1) is 17.5. The van der Waals surface area contributed by atoms with E-state index >= 15 is 0 Å². The lowest BCUT2D eigenvalue weighted by atomic mass is 10.1. The lowest BCUT2D eigenvalue weighted by Gasteiger charge is -2.05. The molecule has 5 rings (SSSR count). The molecule has 0 saturated heterocycles. The normalized spacial score (nSPS) is 11.3. The molecule has 36 heavy (non-hydrogen) atoms. The maximum atomic E-state index is 13.2. The second kappa shape index (κ2) is 9.63. The van der Waals surface area contributed by atoms with Crippen LogP contribution in [-0.4, -0.2) is 38.2 Å². The first-order valence-electron chi connectivity index (χ1n) is 11.2. The van der Waals surface area contributed by atoms with Gasteiger partial charge in [0, 0.05) is 24.2 Å². The molecule has 0 aliphatic rings. The second-order valence-corrected chi connectivity index (χ2v) is 8.04. The molecule has 0 fully saturated rings. The van der Waals surface area contributed by atoms with Crippen molar-refractivity contribution in [1.29, 1.82) is 0 Å². The van der Waals surface area contributed by atoms with E-state index in [4.69, 9.17) is 5.73 Å². The van der Waals surface area contributed by atoms with Crippen molar-refractivity contribution < 1.29 is 9.72 Å². The summed E-state index contributed by atoms with van der Waals surface area (Å²) >= 11 is 0. The number of carbonyl (C=O) groups is 1. The number of benzene rings is 3. The molecule has 0 radical (unpaired) electrons. The fourth-order valence-corrected chi connectivity index (χ4v) is 3.88. The summed E-state index contributed by atoms with van der Waals surface area (Å²) in [5.74, 6) is -0.318. The smallest absolute Gasteiger partial charge is 0.270 e. The number of nitrogen functional groups attached to an aromatic ring is 1. The zero-order chi connectivity index (χ0) is 25.1. The highest BCUT2D eigenvalue weighted by molar-refractivity contribution is 6.10. The molecular formula is C26H21N7O3. The summed E-state index contributed by atoms with van der Waals surface area (Å²) < 4.78 is 1.33. The van der Waals surface area contributed by atoms with E-state index < -0.39 is 4.92 Å². The summed E-state index contributed by atoms with van der Waals surface area (Å²) in [4.78, 5) is 33.1. The summed E-state index contributed by atoms with van der Waals surface area (Å²) in [6.07, 6.45) is 2.08. The van der Waals surface area contributed by atoms with Gasteiger partial charge in [-0.15, -0.1) is 0 Å². The number of anilines is 1. The first kappa shape index (κ1) is 22.7. The van der Waals surface area contributed by atoms with E-state index in [0.29, 0.717) is 40.7 Å². The maximum Gasteiger partial charge on any atom is 0.270 e. The van der Waals surface area contributed by atoms with Gasteiger partial charge >= 0.3 is 0 Å². The third kappa shape index (κ3) is 4.47. The zero-order valence-corrected chi connectivity index (χ0v) is 19.0. The quantitative estimate of drug-likeness (QED) is 0.206. The van der Waals surface area contributed by atoms with Gasteiger partial charge in [0.1, 0.15) is 16.9 Å². The van der Waals surface area contributed by atoms with Crippen LogP contribution in [0.25, 0.3) is 22.2 Å². The molecule has 10 nitrogen and oxygen atoms in total. The molecule has 10 heteroatoms. The van der Waals surface area contributed by atoms with Crippen molar-refractivity contribution in [3.05, 3.63) is 106 Å². The van der Waals surface area contributed by atoms with Crippen molar-refractivity contribution in [2.45, 2.75) is 6.42 Å². The number of para-hydroxylation sites is 2. The Kier molecular flexibility index (Phi) is 6.06. The minimum absolute atomic E-state index is 0.0615. The molecule has 3 aromatic carbocycles. The van der Waals surface area contributed by atoms with Gasteiger partial charge < -0.3 is 11.1 Å². The molecule has 0 atom stereocenters. The summed E-state index contributed by atoms with van der Waals surface area (Å²) in [6, 6.07) is 23.1. The molecule has 0 spiro atoms. The van der Waals surface area contributed by atoms with Crippen LogP contribution in [0.4, 0.5) is 11.5 Å². The van der Waals surface area contributed by atoms with Crippen LogP contribution in [0.2, 0.25) is 0 Å². The van der Waals surface area contributed by atoms with E-state index in [1.54, 1.807) is 24.3 Å². The van der Waals surface area contributed by atoms with E-state index in [9.17, 15) is 14.9 Å². The van der Waals surface area contributed by atoms with Crippen molar-refractivity contribution in [2.24, 2.45) is 5.10 Å². The number of amides is 1. The van der Waals surface area contributed by atoms with Crippen LogP contribution in [0.1, 0.15) is 21.5 Å². The summed E-state index contributed by atoms with van der Waals surface area (Å²) in [5, 5.41) is 18.4. The van der Waals surface area contributed by atoms with E-state index in [-0.39, 0.29) is 23.0 Å². The van der Waals surface area contributed by atoms with Crippen molar-refractivity contribution in [3.8, 4) is 0 Å². The number of nitrogens with two attached hydrogens (primary N) is 1. The Morgan fingerprint density at radius 1 is 1.03 bits per heavy atom. The number of nitrogens with one attached hydrogen (secondary N) is 1. The molecule has 0 bridgehead atoms. The van der Waals surface area contributed by atoms with Crippen molar-refractivity contribution in [1.82, 2.24) is 20.0 Å². The molecule has 2 aromatic heterocycles. The largest absolute Gasteiger partial charge is 0.383 e. The number of hydrogen-bond acceptors (Lipinski definition) is 7. The predicted octanol–water partition coefficient (Wildman–Crippen LogP) is 3.93. The molecule has 3 N–H and O–H groups in total. The summed E-state index contributed by atoms with van der Waals surface area (Å²) in [7, 11) is 0. The molecule has 2 heterocycles. The summed E-state index contributed by atoms with van der Waals surface area (Å²) in [6.45, 7) is 0.410. The Labute approximate surface area is 205 Å². The van der Waals surface area contributed by atoms with Crippen molar-refractivity contribution in [3.63, 3.8) is 0 Å². The van der Waals surface area contributed by atoms with Gasteiger partial charge in [0.2, 0.25) is 0 Å². The highest BCUT2D eigenvalue weighted by Crippen LogP contribution is 2.28. The third-order valence-electron chi connectivity index (χ3n) is 5.65. The number of nitro benzene ring substituents is 1. The van der Waals surface area contributed by atoms with Gasteiger partial charge in [0.15, 0.2) is 5.65 Å². The molecule has 178 valence electrons. The van der Waals surface area contributed by atoms with Crippen LogP contribution in [0.15, 0.2) is 84.0 Å². The van der Waals surface area contributed by atoms with Crippen LogP contribution in [0.3, 0.4) is 0 Å². The van der Waals surface area contributed by atoms with Crippen LogP contribution >= 0.6 is 0 Å². The van der Waals surface area contributed by atoms with Crippen LogP contribution < -0.4 is 11.1 Å². The number of rotatable bonds is 7. The lowest BCUT2D eigenvalue weighted by molar-refractivity contribution is -0.384. The van der Waals surface area contributed by atoms with Gasteiger partial charge in [0.25, 0.3) is 11.6 Å². The fraction of sp³-hybridized carbons (Fsp3) is 0.0769. The number of nitro groups is 1. The number of hydrogen-bond donors (Lipinski definition) is 2. The minimum atomic E-state index is -0.480. The Bertz CT molecular complexity index is 1630. The lowest BCUT2D eigenvalue weighted by Crippen LogP contribution is -2.26. The van der Waals surface area contributed by atoms with E-state index in [1.807, 2.05) is 42.5 Å². The van der Waals surface area contributed by atoms with Gasteiger partial charge in [-0.3, -0.25) is 14.9 Å². The van der Waals surface area contributed by atoms with Gasteiger partial charge in [-0.05, 0) is 24.1 Å². The highest BCUT2D eigenvalue weighted by atomic mass is 16.6. The van der Waals surface area contributed by atoms with Crippen LogP contribution in [0.5, 0.6) is 0 Å². The van der Waals surface area contributed by atoms with Gasteiger partial charge in [-0.1, -0.05) is 54.6 Å². The molecule has 0 aliphatic heterocycles. The number of fused-ring (bicyclic) bond motifs is 2. The second-order valence-electron chi connectivity index (χ2n) is 8.04. The topological polar surface area (TPSA) is 141 Å². The standard InChI is InChI=1S/C26H21N7O3/c27-24-22(26(34)28-14-13-17-7-2-1-3-8-17)23-25(31-21-12-5-4-11-20(21)30-23)32(24)29-16-18-9-6-10-19(15-18)33(35)36/h1-12,15-16H,13-14,27H2,(H,28,34). The summed E-state index contributed by atoms with van der Waals surface area (Å²) in [5.41, 5.74) is 9.96. The number of carbonyl (C=O) groups excluding carboxylic acids is 1. The zero-order valence-electron chi connectivity index (χ0n) is 19.0. The maximum absolute atomic E-state index is 13.2. The van der Waals surface area contributed by atoms with Crippen molar-refractivity contribution in [2.75, 3.05) is 12.3 Å². The van der Waals surface area contributed by atoms with E-state index in [2.05, 4.69) is 20.4 Å². The Balaban J connectivity index is 1.54. The van der Waals surface area contributed by atoms with E-state index in [0.717, 1.165) is 5.56 Å². The van der Waals surface area contributed by atoms with Gasteiger partial charge in [-0.2, -0.15) is 9.78 Å². The molecule has 0 unspecified atom stereocenters. The van der Waals surface area contributed by atoms with Crippen LogP contribution in [0, 0.1) is 10.1 Å². The average Bonchev–Trinajstić information content (AvgIpc) is 3.16. The number of non-ortho nitro benzene ring substituents is 1. The molecule has 0 saturated carbocycles. The number of aromatic nitrogens is 3. The molecule has 0 aliphatic carbocycles. The van der Waals surface area contributed by atoms with Crippen molar-refractivity contribution >= 4 is 45.8 Å².